The van der Waals surface area contributed by atoms with Gasteiger partial charge in [-0.15, -0.1) is 23.1 Å². The molecule has 2 aliphatic heterocycles. The number of thiazole rings is 1. The molecule has 2 bridgehead atoms. The number of nitrogens with zero attached hydrogens (tertiary/aromatic N) is 1. The van der Waals surface area contributed by atoms with Crippen LogP contribution in [0.1, 0.15) is 36.6 Å². The minimum Gasteiger partial charge on any atom is -0.480 e. The molecule has 3 heterocycles. The number of carbonyl (C=O) groups excluding carboxylic acids is 2. The summed E-state index contributed by atoms with van der Waals surface area (Å²) in [5, 5.41) is 11.1. The van der Waals surface area contributed by atoms with E-state index in [0.717, 1.165) is 24.8 Å². The number of halogens is 1. The fourth-order valence-electron chi connectivity index (χ4n) is 7.05. The third kappa shape index (κ3) is 3.10. The molecule has 2 aromatic rings. The topological polar surface area (TPSA) is 90.5 Å². The Morgan fingerprint density at radius 1 is 1.18 bits per heavy atom. The number of carboxylic acids is 1. The number of thioether (sulfide) groups is 1. The molecule has 2 amide bonds. The van der Waals surface area contributed by atoms with Crippen LogP contribution in [0.2, 0.25) is 0 Å². The van der Waals surface area contributed by atoms with E-state index < -0.39 is 23.8 Å². The number of carbonyl (C=O) groups is 3. The van der Waals surface area contributed by atoms with E-state index >= 15 is 0 Å². The predicted molar refractivity (Wildman–Crippen MR) is 135 cm³/mol. The summed E-state index contributed by atoms with van der Waals surface area (Å²) < 4.78 is 1.75. The summed E-state index contributed by atoms with van der Waals surface area (Å²) in [6, 6.07) is 7.23. The molecule has 6 nitrogen and oxygen atoms in total. The first-order valence-electron chi connectivity index (χ1n) is 11.4. The zero-order valence-electron chi connectivity index (χ0n) is 18.4. The van der Waals surface area contributed by atoms with E-state index in [2.05, 4.69) is 33.0 Å². The van der Waals surface area contributed by atoms with Gasteiger partial charge in [-0.3, -0.25) is 14.5 Å². The Balaban J connectivity index is 1.44. The Hall–Kier alpha value is -1.49. The van der Waals surface area contributed by atoms with Crippen LogP contribution in [0, 0.1) is 39.5 Å². The van der Waals surface area contributed by atoms with Crippen molar-refractivity contribution in [1.29, 1.82) is 0 Å². The van der Waals surface area contributed by atoms with Gasteiger partial charge in [0, 0.05) is 20.5 Å². The van der Waals surface area contributed by atoms with E-state index in [1.165, 1.54) is 10.4 Å². The Morgan fingerprint density at radius 3 is 2.44 bits per heavy atom. The first-order chi connectivity index (χ1) is 16.2. The number of imide groups is 1. The van der Waals surface area contributed by atoms with Gasteiger partial charge >= 0.3 is 5.97 Å². The summed E-state index contributed by atoms with van der Waals surface area (Å²) in [7, 11) is 0. The number of likely N-dealkylation sites (tertiary alicyclic amines) is 1. The van der Waals surface area contributed by atoms with E-state index in [1.54, 1.807) is 36.9 Å². The number of aromatic nitrogens is 1. The van der Waals surface area contributed by atoms with Crippen molar-refractivity contribution in [2.24, 2.45) is 35.5 Å². The lowest BCUT2D eigenvalue weighted by Gasteiger charge is -2.43. The second-order valence-electron chi connectivity index (χ2n) is 10.1. The zero-order valence-corrected chi connectivity index (χ0v) is 22.5. The summed E-state index contributed by atoms with van der Waals surface area (Å²) in [4.78, 5) is 44.9. The largest absolute Gasteiger partial charge is 0.480 e. The van der Waals surface area contributed by atoms with Crippen LogP contribution in [0.3, 0.4) is 0 Å². The molecular weight excluding hydrogens is 556 g/mol. The average Bonchev–Trinajstić information content (AvgIpc) is 3.49. The van der Waals surface area contributed by atoms with Gasteiger partial charge in [0.05, 0.1) is 16.9 Å². The molecule has 3 fully saturated rings. The van der Waals surface area contributed by atoms with Crippen molar-refractivity contribution >= 4 is 69.0 Å². The standard InChI is InChI=1S/C24H23BrN2O4S3/c1-8(2)17(23(30)31)27-21(28)15-11-7-12(16(15)22(27)29)18-14(11)13(9-3-5-10(25)6-4-9)19-20(33-18)26-24(32)34-19/h3-6,8,11-18H,7H2,1-2H3,(H,26,32)(H,30,31). The summed E-state index contributed by atoms with van der Waals surface area (Å²) in [6.45, 7) is 3.50. The molecule has 2 aliphatic carbocycles. The van der Waals surface area contributed by atoms with E-state index in [-0.39, 0.29) is 46.7 Å². The van der Waals surface area contributed by atoms with E-state index in [0.29, 0.717) is 0 Å². The second kappa shape index (κ2) is 8.01. The van der Waals surface area contributed by atoms with Gasteiger partial charge in [-0.1, -0.05) is 41.9 Å². The lowest BCUT2D eigenvalue weighted by Crippen LogP contribution is -2.49. The number of aliphatic carboxylic acids is 1. The number of nitrogens with one attached hydrogen (secondary N) is 1. The summed E-state index contributed by atoms with van der Waals surface area (Å²) in [6.07, 6.45) is 0.838. The highest BCUT2D eigenvalue weighted by atomic mass is 79.9. The number of hydrogen-bond acceptors (Lipinski definition) is 6. The Kier molecular flexibility index (Phi) is 5.41. The van der Waals surface area contributed by atoms with Crippen LogP contribution >= 0.6 is 51.2 Å². The highest BCUT2D eigenvalue weighted by Gasteiger charge is 2.70. The first-order valence-corrected chi connectivity index (χ1v) is 14.3. The Bertz CT molecular complexity index is 1270. The number of hydrogen-bond donors (Lipinski definition) is 2. The number of amides is 2. The van der Waals surface area contributed by atoms with Crippen molar-refractivity contribution in [2.75, 3.05) is 0 Å². The number of fused-ring (bicyclic) bond motifs is 9. The quantitative estimate of drug-likeness (QED) is 0.385. The van der Waals surface area contributed by atoms with Gasteiger partial charge in [0.15, 0.2) is 3.95 Å². The molecule has 178 valence electrons. The van der Waals surface area contributed by atoms with Crippen molar-refractivity contribution in [3.63, 3.8) is 0 Å². The van der Waals surface area contributed by atoms with Crippen molar-refractivity contribution < 1.29 is 19.5 Å². The number of H-pyrrole nitrogens is 1. The fourth-order valence-corrected chi connectivity index (χ4v) is 10.6. The van der Waals surface area contributed by atoms with Gasteiger partial charge < -0.3 is 10.1 Å². The van der Waals surface area contributed by atoms with Gasteiger partial charge in [-0.25, -0.2) is 4.79 Å². The van der Waals surface area contributed by atoms with Crippen molar-refractivity contribution in [3.05, 3.63) is 43.1 Å². The van der Waals surface area contributed by atoms with Gasteiger partial charge in [-0.2, -0.15) is 0 Å². The molecule has 6 rings (SSSR count). The van der Waals surface area contributed by atoms with E-state index in [1.807, 2.05) is 12.1 Å². The van der Waals surface area contributed by atoms with Crippen molar-refractivity contribution in [2.45, 2.75) is 42.5 Å². The molecule has 1 aromatic carbocycles. The number of rotatable bonds is 4. The monoisotopic (exact) mass is 578 g/mol. The van der Waals surface area contributed by atoms with Crippen LogP contribution in [0.15, 0.2) is 33.8 Å². The lowest BCUT2D eigenvalue weighted by atomic mass is 9.68. The maximum atomic E-state index is 13.7. The van der Waals surface area contributed by atoms with Gasteiger partial charge in [0.25, 0.3) is 0 Å². The second-order valence-corrected chi connectivity index (χ2v) is 13.9. The highest BCUT2D eigenvalue weighted by molar-refractivity contribution is 9.10. The molecule has 1 saturated heterocycles. The molecule has 34 heavy (non-hydrogen) atoms. The third-order valence-corrected chi connectivity index (χ3v) is 11.6. The van der Waals surface area contributed by atoms with Crippen molar-refractivity contribution in [3.8, 4) is 0 Å². The van der Waals surface area contributed by atoms with Gasteiger partial charge in [0.2, 0.25) is 11.8 Å². The number of benzene rings is 1. The zero-order chi connectivity index (χ0) is 24.0. The van der Waals surface area contributed by atoms with E-state index in [9.17, 15) is 19.5 Å². The minimum absolute atomic E-state index is 0.0491. The van der Waals surface area contributed by atoms with Crippen LogP contribution in [-0.4, -0.2) is 44.1 Å². The molecule has 4 aliphatic rings. The van der Waals surface area contributed by atoms with Crippen LogP contribution in [0.4, 0.5) is 0 Å². The summed E-state index contributed by atoms with van der Waals surface area (Å²) >= 11 is 12.4. The minimum atomic E-state index is -1.11. The highest BCUT2D eigenvalue weighted by Crippen LogP contribution is 2.69. The summed E-state index contributed by atoms with van der Waals surface area (Å²) in [5.74, 6) is -2.47. The molecule has 0 spiro atoms. The van der Waals surface area contributed by atoms with E-state index in [4.69, 9.17) is 12.2 Å². The summed E-state index contributed by atoms with van der Waals surface area (Å²) in [5.41, 5.74) is 1.19. The molecule has 2 N–H and O–H groups in total. The fraction of sp³-hybridized carbons (Fsp3) is 0.500. The first kappa shape index (κ1) is 22.9. The molecule has 0 radical (unpaired) electrons. The normalized spacial score (nSPS) is 34.4. The van der Waals surface area contributed by atoms with Gasteiger partial charge in [-0.05, 0) is 60.0 Å². The third-order valence-electron chi connectivity index (χ3n) is 8.15. The average molecular weight is 580 g/mol. The SMILES string of the molecule is CC(C)C(C(=O)O)N1C(=O)C2C3CC(C2C1=O)C1C(c2ccc(Br)cc2)c2sc(=S)[nH]c2SC31. The molecule has 8 unspecified atom stereocenters. The maximum absolute atomic E-state index is 13.7. The smallest absolute Gasteiger partial charge is 0.327 e. The Labute approximate surface area is 218 Å². The lowest BCUT2D eigenvalue weighted by molar-refractivity contribution is -0.157. The van der Waals surface area contributed by atoms with Crippen LogP contribution in [-0.2, 0) is 14.4 Å². The molecule has 2 saturated carbocycles. The van der Waals surface area contributed by atoms with Crippen LogP contribution < -0.4 is 0 Å². The van der Waals surface area contributed by atoms with Crippen LogP contribution in [0.25, 0.3) is 0 Å². The molecule has 10 heteroatoms. The molecule has 1 aromatic heterocycles. The maximum Gasteiger partial charge on any atom is 0.327 e. The predicted octanol–water partition coefficient (Wildman–Crippen LogP) is 5.15. The molecule has 8 atom stereocenters. The molecular formula is C24H23BrN2O4S3. The number of aromatic amines is 1. The Morgan fingerprint density at radius 2 is 1.82 bits per heavy atom. The van der Waals surface area contributed by atoms with Crippen molar-refractivity contribution in [1.82, 2.24) is 9.88 Å². The number of carboxylic acid groups (broad SMARTS) is 1. The van der Waals surface area contributed by atoms with Gasteiger partial charge in [0.1, 0.15) is 6.04 Å². The van der Waals surface area contributed by atoms with Crippen LogP contribution in [0.5, 0.6) is 0 Å².